The van der Waals surface area contributed by atoms with Gasteiger partial charge in [-0.15, -0.1) is 0 Å². The molecule has 0 bridgehead atoms. The minimum atomic E-state index is -0.130. The van der Waals surface area contributed by atoms with E-state index in [1.807, 2.05) is 67.3 Å². The predicted octanol–water partition coefficient (Wildman–Crippen LogP) is 3.76. The molecule has 0 fully saturated rings. The van der Waals surface area contributed by atoms with Crippen LogP contribution in [0.4, 0.5) is 0 Å². The molecule has 0 aliphatic carbocycles. The zero-order chi connectivity index (χ0) is 21.5. The second-order valence-corrected chi connectivity index (χ2v) is 7.91. The lowest BCUT2D eigenvalue weighted by molar-refractivity contribution is 0.0816. The van der Waals surface area contributed by atoms with E-state index in [9.17, 15) is 9.59 Å². The van der Waals surface area contributed by atoms with Crippen LogP contribution in [0, 0.1) is 0 Å². The quantitative estimate of drug-likeness (QED) is 0.557. The second-order valence-electron chi connectivity index (χ2n) is 7.91. The fraction of sp³-hybridized carbons (Fsp3) is 0.160. The number of benzene rings is 3. The third kappa shape index (κ3) is 3.36. The first-order chi connectivity index (χ1) is 15.0. The van der Waals surface area contributed by atoms with Gasteiger partial charge in [-0.1, -0.05) is 30.3 Å². The third-order valence-electron chi connectivity index (χ3n) is 5.87. The van der Waals surface area contributed by atoms with E-state index in [-0.39, 0.29) is 11.8 Å². The number of imidazole rings is 1. The first kappa shape index (κ1) is 19.1. The molecule has 2 heterocycles. The molecule has 1 aliphatic rings. The molecule has 5 rings (SSSR count). The number of rotatable bonds is 4. The summed E-state index contributed by atoms with van der Waals surface area (Å²) in [5.41, 5.74) is 4.59. The molecular formula is C25H22N4O2. The Labute approximate surface area is 180 Å². The Hall–Kier alpha value is -3.93. The van der Waals surface area contributed by atoms with E-state index in [0.717, 1.165) is 38.9 Å². The van der Waals surface area contributed by atoms with Gasteiger partial charge in [-0.05, 0) is 51.7 Å². The Morgan fingerprint density at radius 1 is 1.06 bits per heavy atom. The zero-order valence-electron chi connectivity index (χ0n) is 17.4. The van der Waals surface area contributed by atoms with Crippen molar-refractivity contribution in [1.82, 2.24) is 19.8 Å². The number of nitrogens with one attached hydrogen (secondary N) is 1. The van der Waals surface area contributed by atoms with Crippen molar-refractivity contribution in [2.24, 2.45) is 7.05 Å². The van der Waals surface area contributed by atoms with Crippen LogP contribution in [-0.4, -0.2) is 33.3 Å². The minimum absolute atomic E-state index is 0.0701. The molecule has 3 aromatic carbocycles. The Morgan fingerprint density at radius 2 is 1.94 bits per heavy atom. The van der Waals surface area contributed by atoms with E-state index in [1.165, 1.54) is 0 Å². The van der Waals surface area contributed by atoms with Crippen LogP contribution >= 0.6 is 0 Å². The van der Waals surface area contributed by atoms with E-state index < -0.39 is 0 Å². The first-order valence-electron chi connectivity index (χ1n) is 10.2. The van der Waals surface area contributed by atoms with Gasteiger partial charge in [0.1, 0.15) is 5.82 Å². The van der Waals surface area contributed by atoms with Crippen molar-refractivity contribution < 1.29 is 9.59 Å². The molecule has 1 aromatic heterocycles. The molecule has 0 spiro atoms. The Balaban J connectivity index is 1.44. The Bertz CT molecular complexity index is 1340. The van der Waals surface area contributed by atoms with Gasteiger partial charge in [0.15, 0.2) is 0 Å². The maximum absolute atomic E-state index is 12.7. The summed E-state index contributed by atoms with van der Waals surface area (Å²) in [6.07, 6.45) is 3.57. The summed E-state index contributed by atoms with van der Waals surface area (Å²) in [7, 11) is 3.72. The molecule has 1 aliphatic heterocycles. The molecular weight excluding hydrogens is 388 g/mol. The van der Waals surface area contributed by atoms with Gasteiger partial charge in [0.2, 0.25) is 0 Å². The average Bonchev–Trinajstić information content (AvgIpc) is 3.32. The maximum atomic E-state index is 12.7. The van der Waals surface area contributed by atoms with Gasteiger partial charge >= 0.3 is 0 Å². The van der Waals surface area contributed by atoms with Gasteiger partial charge in [-0.2, -0.15) is 0 Å². The Morgan fingerprint density at radius 3 is 2.74 bits per heavy atom. The van der Waals surface area contributed by atoms with Crippen molar-refractivity contribution >= 4 is 22.6 Å². The van der Waals surface area contributed by atoms with Crippen LogP contribution in [-0.2, 0) is 20.1 Å². The first-order valence-corrected chi connectivity index (χ1v) is 10.2. The van der Waals surface area contributed by atoms with Crippen molar-refractivity contribution in [3.8, 4) is 11.1 Å². The van der Waals surface area contributed by atoms with Crippen LogP contribution in [0.1, 0.15) is 32.1 Å². The SMILES string of the molecule is CN1Cc2cc(-c3cccc4cc(C(=O)NCc5nccn5C)ccc34)ccc2C1=O. The summed E-state index contributed by atoms with van der Waals surface area (Å²) in [5.74, 6) is 0.743. The van der Waals surface area contributed by atoms with E-state index in [0.29, 0.717) is 18.7 Å². The molecule has 6 nitrogen and oxygen atoms in total. The molecule has 31 heavy (non-hydrogen) atoms. The number of aromatic nitrogens is 2. The predicted molar refractivity (Wildman–Crippen MR) is 120 cm³/mol. The largest absolute Gasteiger partial charge is 0.345 e. The number of carbonyl (C=O) groups is 2. The Kier molecular flexibility index (Phi) is 4.55. The molecule has 0 saturated heterocycles. The average molecular weight is 410 g/mol. The highest BCUT2D eigenvalue weighted by Crippen LogP contribution is 2.32. The van der Waals surface area contributed by atoms with E-state index in [4.69, 9.17) is 0 Å². The van der Waals surface area contributed by atoms with Gasteiger partial charge in [0.25, 0.3) is 11.8 Å². The van der Waals surface area contributed by atoms with E-state index in [2.05, 4.69) is 22.4 Å². The number of hydrogen-bond acceptors (Lipinski definition) is 3. The highest BCUT2D eigenvalue weighted by molar-refractivity contribution is 6.03. The van der Waals surface area contributed by atoms with Gasteiger partial charge in [0.05, 0.1) is 6.54 Å². The molecule has 0 atom stereocenters. The number of amides is 2. The summed E-state index contributed by atoms with van der Waals surface area (Å²) in [6, 6.07) is 17.8. The molecule has 1 N–H and O–H groups in total. The lowest BCUT2D eigenvalue weighted by Gasteiger charge is -2.10. The van der Waals surface area contributed by atoms with Gasteiger partial charge in [-0.25, -0.2) is 4.98 Å². The molecule has 2 amide bonds. The number of aryl methyl sites for hydroxylation is 1. The molecule has 6 heteroatoms. The second kappa shape index (κ2) is 7.40. The van der Waals surface area contributed by atoms with Crippen LogP contribution in [0.15, 0.2) is 67.0 Å². The number of nitrogens with zero attached hydrogens (tertiary/aromatic N) is 3. The van der Waals surface area contributed by atoms with Crippen LogP contribution in [0.2, 0.25) is 0 Å². The topological polar surface area (TPSA) is 67.2 Å². The summed E-state index contributed by atoms with van der Waals surface area (Å²) in [4.78, 5) is 30.8. The van der Waals surface area contributed by atoms with Crippen molar-refractivity contribution in [1.29, 1.82) is 0 Å². The molecule has 0 radical (unpaired) electrons. The van der Waals surface area contributed by atoms with Crippen molar-refractivity contribution in [2.75, 3.05) is 7.05 Å². The van der Waals surface area contributed by atoms with Crippen LogP contribution in [0.3, 0.4) is 0 Å². The molecule has 4 aromatic rings. The van der Waals surface area contributed by atoms with E-state index in [1.54, 1.807) is 11.1 Å². The lowest BCUT2D eigenvalue weighted by atomic mass is 9.95. The summed E-state index contributed by atoms with van der Waals surface area (Å²) in [5, 5.41) is 5.00. The van der Waals surface area contributed by atoms with Crippen LogP contribution in [0.5, 0.6) is 0 Å². The third-order valence-corrected chi connectivity index (χ3v) is 5.87. The normalized spacial score (nSPS) is 13.0. The summed E-state index contributed by atoms with van der Waals surface area (Å²) in [6.45, 7) is 1.01. The van der Waals surface area contributed by atoms with E-state index >= 15 is 0 Å². The van der Waals surface area contributed by atoms with Gasteiger partial charge < -0.3 is 14.8 Å². The van der Waals surface area contributed by atoms with Crippen molar-refractivity contribution in [2.45, 2.75) is 13.1 Å². The monoisotopic (exact) mass is 410 g/mol. The number of carbonyl (C=O) groups excluding carboxylic acids is 2. The highest BCUT2D eigenvalue weighted by atomic mass is 16.2. The summed E-state index contributed by atoms with van der Waals surface area (Å²) < 4.78 is 1.88. The van der Waals surface area contributed by atoms with Gasteiger partial charge in [0, 0.05) is 44.2 Å². The molecule has 0 unspecified atom stereocenters. The maximum Gasteiger partial charge on any atom is 0.254 e. The lowest BCUT2D eigenvalue weighted by Crippen LogP contribution is -2.24. The fourth-order valence-corrected chi connectivity index (χ4v) is 4.14. The molecule has 154 valence electrons. The standard InChI is InChI=1S/C25H22N4O2/c1-28-11-10-26-23(28)14-27-24(30)18-7-8-21-16(12-18)4-3-5-20(21)17-6-9-22-19(13-17)15-29(2)25(22)31/h3-13H,14-15H2,1-2H3,(H,27,30). The highest BCUT2D eigenvalue weighted by Gasteiger charge is 2.24. The number of hydrogen-bond donors (Lipinski definition) is 1. The van der Waals surface area contributed by atoms with Crippen molar-refractivity contribution in [3.63, 3.8) is 0 Å². The molecule has 0 saturated carbocycles. The number of fused-ring (bicyclic) bond motifs is 2. The van der Waals surface area contributed by atoms with Crippen molar-refractivity contribution in [3.05, 3.63) is 89.5 Å². The van der Waals surface area contributed by atoms with Gasteiger partial charge in [-0.3, -0.25) is 9.59 Å². The van der Waals surface area contributed by atoms with Crippen LogP contribution < -0.4 is 5.32 Å². The smallest absolute Gasteiger partial charge is 0.254 e. The zero-order valence-corrected chi connectivity index (χ0v) is 17.4. The summed E-state index contributed by atoms with van der Waals surface area (Å²) >= 11 is 0. The fourth-order valence-electron chi connectivity index (χ4n) is 4.14. The minimum Gasteiger partial charge on any atom is -0.345 e. The van der Waals surface area contributed by atoms with Crippen LogP contribution in [0.25, 0.3) is 21.9 Å².